The van der Waals surface area contributed by atoms with E-state index in [1.54, 1.807) is 0 Å². The molecule has 7 aromatic rings. The summed E-state index contributed by atoms with van der Waals surface area (Å²) >= 11 is 0. The molecule has 0 spiro atoms. The molecule has 2 fully saturated rings. The van der Waals surface area contributed by atoms with Gasteiger partial charge in [0, 0.05) is 17.1 Å². The van der Waals surface area contributed by atoms with E-state index in [9.17, 15) is 0 Å². The Labute approximate surface area is 322 Å². The van der Waals surface area contributed by atoms with Crippen LogP contribution in [0.25, 0.3) is 22.3 Å². The molecule has 0 aliphatic carbocycles. The van der Waals surface area contributed by atoms with Crippen molar-refractivity contribution in [3.05, 3.63) is 164 Å². The minimum atomic E-state index is -0.150. The van der Waals surface area contributed by atoms with Crippen LogP contribution in [0.1, 0.15) is 13.8 Å². The zero-order valence-corrected chi connectivity index (χ0v) is 30.6. The van der Waals surface area contributed by atoms with Gasteiger partial charge in [-0.3, -0.25) is 0 Å². The Hall–Kier alpha value is -6.01. The average molecular weight is 713 g/mol. The maximum Gasteiger partial charge on any atom is 0.246 e. The van der Waals surface area contributed by atoms with E-state index in [1.807, 2.05) is 38.1 Å². The highest BCUT2D eigenvalue weighted by molar-refractivity contribution is 7.02. The highest BCUT2D eigenvalue weighted by atomic mass is 16.8. The lowest BCUT2D eigenvalue weighted by atomic mass is 9.30. The fourth-order valence-electron chi connectivity index (χ4n) is 8.66. The van der Waals surface area contributed by atoms with E-state index in [2.05, 4.69) is 144 Å². The Morgan fingerprint density at radius 1 is 0.436 bits per heavy atom. The first-order valence-electron chi connectivity index (χ1n) is 19.2. The monoisotopic (exact) mass is 713 g/mol. The summed E-state index contributed by atoms with van der Waals surface area (Å²) in [7, 11) is 0. The van der Waals surface area contributed by atoms with Gasteiger partial charge >= 0.3 is 0 Å². The molecule has 5 nitrogen and oxygen atoms in total. The summed E-state index contributed by atoms with van der Waals surface area (Å²) < 4.78 is 22.9. The highest BCUT2D eigenvalue weighted by Crippen LogP contribution is 2.40. The van der Waals surface area contributed by atoms with Crippen LogP contribution < -0.4 is 47.2 Å². The minimum absolute atomic E-state index is 0.0560. The van der Waals surface area contributed by atoms with Crippen LogP contribution in [0.2, 0.25) is 0 Å². The predicted octanol–water partition coefficient (Wildman–Crippen LogP) is 6.40. The number of hydrogen-bond acceptors (Lipinski definition) is 5. The standard InChI is InChI=1S/C48H37B2NO4/c1-30-47(52-30)54-38-22-16-32(17-23-38)34-20-26-44-42(28-34)49(36-10-5-3-6-11-36)40-14-9-15-41-46(40)51(44)45-27-21-35(29-43(45)50(41)37-12-7-4-8-13-37)33-18-24-39(25-19-33)55-48-31(2)53-48/h3-31,47-48H,1-2H3. The Balaban J connectivity index is 1.07. The summed E-state index contributed by atoms with van der Waals surface area (Å²) in [6, 6.07) is 59.7. The molecule has 264 valence electrons. The van der Waals surface area contributed by atoms with Gasteiger partial charge in [0.2, 0.25) is 26.0 Å². The Morgan fingerprint density at radius 3 is 1.24 bits per heavy atom. The fraction of sp³-hybridized carbons (Fsp3) is 0.125. The van der Waals surface area contributed by atoms with E-state index < -0.39 is 0 Å². The number of hydrogen-bond donors (Lipinski definition) is 0. The van der Waals surface area contributed by atoms with Crippen molar-refractivity contribution < 1.29 is 18.9 Å². The van der Waals surface area contributed by atoms with Crippen molar-refractivity contribution >= 4 is 63.3 Å². The quantitative estimate of drug-likeness (QED) is 0.135. The third-order valence-corrected chi connectivity index (χ3v) is 11.6. The van der Waals surface area contributed by atoms with Crippen molar-refractivity contribution in [3.8, 4) is 33.8 Å². The van der Waals surface area contributed by atoms with E-state index in [-0.39, 0.29) is 38.2 Å². The number of nitrogens with zero attached hydrogens (tertiary/aromatic N) is 1. The summed E-state index contributed by atoms with van der Waals surface area (Å²) in [4.78, 5) is 2.53. The summed E-state index contributed by atoms with van der Waals surface area (Å²) in [5.41, 5.74) is 16.1. The molecule has 0 bridgehead atoms. The maximum absolute atomic E-state index is 5.98. The maximum atomic E-state index is 5.98. The molecular weight excluding hydrogens is 676 g/mol. The van der Waals surface area contributed by atoms with Crippen molar-refractivity contribution in [1.82, 2.24) is 0 Å². The highest BCUT2D eigenvalue weighted by Gasteiger charge is 2.43. The van der Waals surface area contributed by atoms with E-state index in [0.29, 0.717) is 0 Å². The number of para-hydroxylation sites is 1. The van der Waals surface area contributed by atoms with E-state index in [1.165, 1.54) is 61.0 Å². The number of anilines is 3. The van der Waals surface area contributed by atoms with Gasteiger partial charge in [-0.1, -0.05) is 138 Å². The van der Waals surface area contributed by atoms with Crippen LogP contribution in [0.15, 0.2) is 164 Å². The Bertz CT molecular complexity index is 2390. The number of fused-ring (bicyclic) bond motifs is 4. The van der Waals surface area contributed by atoms with Crippen molar-refractivity contribution in [3.63, 3.8) is 0 Å². The molecular formula is C48H37B2NO4. The van der Waals surface area contributed by atoms with Crippen molar-refractivity contribution in [2.24, 2.45) is 0 Å². The fourth-order valence-corrected chi connectivity index (χ4v) is 8.66. The molecule has 4 unspecified atom stereocenters. The van der Waals surface area contributed by atoms with Gasteiger partial charge in [-0.15, -0.1) is 0 Å². The molecule has 4 aliphatic heterocycles. The van der Waals surface area contributed by atoms with Gasteiger partial charge in [0.05, 0.1) is 0 Å². The second-order valence-electron chi connectivity index (χ2n) is 15.1. The van der Waals surface area contributed by atoms with Gasteiger partial charge in [-0.2, -0.15) is 0 Å². The number of epoxide rings is 2. The molecule has 7 heteroatoms. The summed E-state index contributed by atoms with van der Waals surface area (Å²) in [5.74, 6) is 1.65. The van der Waals surface area contributed by atoms with Gasteiger partial charge in [0.15, 0.2) is 0 Å². The molecule has 0 radical (unpaired) electrons. The van der Waals surface area contributed by atoms with Crippen LogP contribution in [0, 0.1) is 0 Å². The summed E-state index contributed by atoms with van der Waals surface area (Å²) in [6.07, 6.45) is -0.0108. The molecule has 0 aromatic heterocycles. The first-order chi connectivity index (χ1) is 27.1. The smallest absolute Gasteiger partial charge is 0.246 e. The second-order valence-corrected chi connectivity index (χ2v) is 15.1. The summed E-state index contributed by atoms with van der Waals surface area (Å²) in [6.45, 7) is 4.16. The van der Waals surface area contributed by atoms with Gasteiger partial charge in [-0.05, 0) is 94.4 Å². The summed E-state index contributed by atoms with van der Waals surface area (Å²) in [5, 5.41) is 0. The van der Waals surface area contributed by atoms with E-state index in [4.69, 9.17) is 18.9 Å². The molecule has 0 N–H and O–H groups in total. The van der Waals surface area contributed by atoms with Crippen LogP contribution in [0.3, 0.4) is 0 Å². The number of rotatable bonds is 8. The van der Waals surface area contributed by atoms with E-state index >= 15 is 0 Å². The first-order valence-corrected chi connectivity index (χ1v) is 19.2. The SMILES string of the molecule is CC1OC1Oc1ccc(-c2ccc3c(c2)B(c2ccccc2)c2cccc4c2N3c2ccc(-c3ccc(OC5OC5C)cc3)cc2B4c2ccccc2)cc1. The van der Waals surface area contributed by atoms with Crippen LogP contribution in [0.4, 0.5) is 17.1 Å². The molecule has 0 amide bonds. The van der Waals surface area contributed by atoms with Gasteiger partial charge in [0.25, 0.3) is 0 Å². The Kier molecular flexibility index (Phi) is 7.55. The average Bonchev–Trinajstić information content (AvgIpc) is 4.14. The topological polar surface area (TPSA) is 46.8 Å². The Morgan fingerprint density at radius 2 is 0.836 bits per heavy atom. The van der Waals surface area contributed by atoms with Gasteiger partial charge in [0.1, 0.15) is 23.7 Å². The zero-order chi connectivity index (χ0) is 36.6. The van der Waals surface area contributed by atoms with Crippen LogP contribution in [-0.2, 0) is 9.47 Å². The number of ether oxygens (including phenoxy) is 4. The molecule has 4 heterocycles. The van der Waals surface area contributed by atoms with Crippen molar-refractivity contribution in [1.29, 1.82) is 0 Å². The predicted molar refractivity (Wildman–Crippen MR) is 224 cm³/mol. The molecule has 4 aliphatic rings. The van der Waals surface area contributed by atoms with Gasteiger partial charge in [-0.25, -0.2) is 0 Å². The molecule has 11 rings (SSSR count). The molecule has 7 aromatic carbocycles. The molecule has 0 saturated carbocycles. The normalized spacial score (nSPS) is 19.9. The van der Waals surface area contributed by atoms with Gasteiger partial charge < -0.3 is 23.8 Å². The van der Waals surface area contributed by atoms with Crippen LogP contribution >= 0.6 is 0 Å². The number of benzene rings is 7. The molecule has 2 saturated heterocycles. The van der Waals surface area contributed by atoms with Crippen LogP contribution in [-0.4, -0.2) is 38.2 Å². The largest absolute Gasteiger partial charge is 0.462 e. The lowest BCUT2D eigenvalue weighted by molar-refractivity contribution is 0.178. The third kappa shape index (κ3) is 5.65. The second kappa shape index (κ2) is 12.8. The van der Waals surface area contributed by atoms with Crippen molar-refractivity contribution in [2.45, 2.75) is 38.6 Å². The lowest BCUT2D eigenvalue weighted by Crippen LogP contribution is -2.65. The van der Waals surface area contributed by atoms with Crippen molar-refractivity contribution in [2.75, 3.05) is 4.90 Å². The lowest BCUT2D eigenvalue weighted by Gasteiger charge is -2.44. The minimum Gasteiger partial charge on any atom is -0.462 e. The third-order valence-electron chi connectivity index (χ3n) is 11.6. The van der Waals surface area contributed by atoms with E-state index in [0.717, 1.165) is 22.6 Å². The zero-order valence-electron chi connectivity index (χ0n) is 30.6. The first kappa shape index (κ1) is 32.4. The molecule has 4 atom stereocenters. The molecule has 55 heavy (non-hydrogen) atoms. The van der Waals surface area contributed by atoms with Crippen LogP contribution in [0.5, 0.6) is 11.5 Å².